The molecule has 7 nitrogen and oxygen atoms in total. The molecule has 1 rings (SSSR count). The summed E-state index contributed by atoms with van der Waals surface area (Å²) in [6, 6.07) is -0.610. The standard InChI is InChI=1S/C11H19N3O4S/c1-4-5-9(6-10(15)16)14-19(17,18)11-7(2)12-13-8(11)3/h9,14H,4-6H2,1-3H3,(H,12,13)(H,15,16). The number of carbonyl (C=O) groups is 1. The maximum atomic E-state index is 12.2. The Morgan fingerprint density at radius 1 is 1.47 bits per heavy atom. The molecule has 0 radical (unpaired) electrons. The molecule has 1 aromatic rings. The van der Waals surface area contributed by atoms with E-state index in [1.54, 1.807) is 13.8 Å². The Morgan fingerprint density at radius 2 is 2.11 bits per heavy atom. The average Bonchev–Trinajstić information content (AvgIpc) is 2.57. The molecule has 0 saturated carbocycles. The molecule has 0 aliphatic carbocycles. The minimum atomic E-state index is -3.75. The fourth-order valence-electron chi connectivity index (χ4n) is 1.98. The van der Waals surface area contributed by atoms with Gasteiger partial charge in [0.15, 0.2) is 0 Å². The molecule has 0 aromatic carbocycles. The molecule has 0 fully saturated rings. The van der Waals surface area contributed by atoms with Crippen LogP contribution in [0.25, 0.3) is 0 Å². The number of carboxylic acid groups (broad SMARTS) is 1. The summed E-state index contributed by atoms with van der Waals surface area (Å²) in [6.45, 7) is 5.07. The molecular formula is C11H19N3O4S. The van der Waals surface area contributed by atoms with Gasteiger partial charge in [0.25, 0.3) is 0 Å². The normalized spacial score (nSPS) is 13.4. The van der Waals surface area contributed by atoms with E-state index < -0.39 is 22.0 Å². The number of nitrogens with zero attached hydrogens (tertiary/aromatic N) is 1. The number of H-pyrrole nitrogens is 1. The van der Waals surface area contributed by atoms with Crippen molar-refractivity contribution in [3.63, 3.8) is 0 Å². The van der Waals surface area contributed by atoms with Gasteiger partial charge in [-0.1, -0.05) is 13.3 Å². The molecule has 1 unspecified atom stereocenters. The zero-order chi connectivity index (χ0) is 14.6. The van der Waals surface area contributed by atoms with Crippen LogP contribution in [0.5, 0.6) is 0 Å². The van der Waals surface area contributed by atoms with Crippen LogP contribution in [-0.4, -0.2) is 35.7 Å². The van der Waals surface area contributed by atoms with E-state index in [1.165, 1.54) is 0 Å². The van der Waals surface area contributed by atoms with Crippen LogP contribution in [-0.2, 0) is 14.8 Å². The van der Waals surface area contributed by atoms with Gasteiger partial charge >= 0.3 is 5.97 Å². The second-order valence-corrected chi connectivity index (χ2v) is 6.12. The third kappa shape index (κ3) is 4.03. The number of aliphatic carboxylic acids is 1. The molecule has 19 heavy (non-hydrogen) atoms. The molecule has 1 atom stereocenters. The maximum absolute atomic E-state index is 12.2. The van der Waals surface area contributed by atoms with Gasteiger partial charge in [-0.05, 0) is 20.3 Å². The van der Waals surface area contributed by atoms with Gasteiger partial charge in [-0.15, -0.1) is 0 Å². The van der Waals surface area contributed by atoms with Gasteiger partial charge < -0.3 is 5.11 Å². The Kier molecular flexibility index (Phi) is 5.07. The molecule has 1 aromatic heterocycles. The van der Waals surface area contributed by atoms with Crippen LogP contribution >= 0.6 is 0 Å². The molecule has 0 spiro atoms. The number of rotatable bonds is 7. The van der Waals surface area contributed by atoms with E-state index in [2.05, 4.69) is 14.9 Å². The summed E-state index contributed by atoms with van der Waals surface area (Å²) >= 11 is 0. The number of hydrogen-bond donors (Lipinski definition) is 3. The van der Waals surface area contributed by atoms with Gasteiger partial charge in [-0.3, -0.25) is 9.89 Å². The average molecular weight is 289 g/mol. The number of sulfonamides is 1. The zero-order valence-electron chi connectivity index (χ0n) is 11.2. The van der Waals surface area contributed by atoms with Gasteiger partial charge in [0.05, 0.1) is 17.8 Å². The molecule has 0 aliphatic heterocycles. The first-order chi connectivity index (χ1) is 8.77. The highest BCUT2D eigenvalue weighted by atomic mass is 32.2. The van der Waals surface area contributed by atoms with Gasteiger partial charge in [0.1, 0.15) is 4.90 Å². The van der Waals surface area contributed by atoms with E-state index in [-0.39, 0.29) is 11.3 Å². The highest BCUT2D eigenvalue weighted by molar-refractivity contribution is 7.89. The van der Waals surface area contributed by atoms with E-state index in [0.717, 1.165) is 0 Å². The van der Waals surface area contributed by atoms with Gasteiger partial charge in [0, 0.05) is 6.04 Å². The van der Waals surface area contributed by atoms with Crippen LogP contribution in [0.1, 0.15) is 37.6 Å². The summed E-state index contributed by atoms with van der Waals surface area (Å²) in [7, 11) is -3.75. The van der Waals surface area contributed by atoms with Gasteiger partial charge in [0.2, 0.25) is 10.0 Å². The topological polar surface area (TPSA) is 112 Å². The molecule has 3 N–H and O–H groups in total. The van der Waals surface area contributed by atoms with E-state index >= 15 is 0 Å². The Balaban J connectivity index is 2.97. The fraction of sp³-hybridized carbons (Fsp3) is 0.636. The molecule has 0 amide bonds. The molecule has 0 saturated heterocycles. The predicted octanol–water partition coefficient (Wildman–Crippen LogP) is 0.948. The molecule has 0 aliphatic rings. The second kappa shape index (κ2) is 6.16. The number of aromatic nitrogens is 2. The number of aryl methyl sites for hydroxylation is 2. The number of carboxylic acids is 1. The Labute approximate surface area is 112 Å². The van der Waals surface area contributed by atoms with Crippen molar-refractivity contribution in [3.8, 4) is 0 Å². The molecule has 0 bridgehead atoms. The summed E-state index contributed by atoms with van der Waals surface area (Å²) < 4.78 is 26.9. The highest BCUT2D eigenvalue weighted by Crippen LogP contribution is 2.18. The van der Waals surface area contributed by atoms with Crippen molar-refractivity contribution in [2.75, 3.05) is 0 Å². The van der Waals surface area contributed by atoms with E-state index in [4.69, 9.17) is 5.11 Å². The lowest BCUT2D eigenvalue weighted by Crippen LogP contribution is -2.36. The SMILES string of the molecule is CCCC(CC(=O)O)NS(=O)(=O)c1c(C)n[nH]c1C. The van der Waals surface area contributed by atoms with Crippen LogP contribution in [0.2, 0.25) is 0 Å². The Morgan fingerprint density at radius 3 is 2.53 bits per heavy atom. The van der Waals surface area contributed by atoms with E-state index in [9.17, 15) is 13.2 Å². The lowest BCUT2D eigenvalue weighted by atomic mass is 10.1. The van der Waals surface area contributed by atoms with Crippen LogP contribution in [0.4, 0.5) is 0 Å². The zero-order valence-corrected chi connectivity index (χ0v) is 12.0. The Hall–Kier alpha value is -1.41. The first-order valence-corrected chi connectivity index (χ1v) is 7.52. The largest absolute Gasteiger partial charge is 0.481 e. The van der Waals surface area contributed by atoms with Crippen LogP contribution in [0.15, 0.2) is 4.90 Å². The molecular weight excluding hydrogens is 270 g/mol. The smallest absolute Gasteiger partial charge is 0.304 e. The molecule has 8 heteroatoms. The number of hydrogen-bond acceptors (Lipinski definition) is 4. The third-order valence-electron chi connectivity index (χ3n) is 2.71. The summed E-state index contributed by atoms with van der Waals surface area (Å²) in [5, 5.41) is 15.2. The second-order valence-electron chi connectivity index (χ2n) is 4.47. The van der Waals surface area contributed by atoms with Crippen LogP contribution in [0.3, 0.4) is 0 Å². The van der Waals surface area contributed by atoms with Gasteiger partial charge in [-0.2, -0.15) is 5.10 Å². The highest BCUT2D eigenvalue weighted by Gasteiger charge is 2.26. The van der Waals surface area contributed by atoms with Crippen LogP contribution < -0.4 is 4.72 Å². The van der Waals surface area contributed by atoms with Crippen molar-refractivity contribution in [1.29, 1.82) is 0 Å². The molecule has 108 valence electrons. The fourth-order valence-corrected chi connectivity index (χ4v) is 3.62. The quantitative estimate of drug-likeness (QED) is 0.691. The summed E-state index contributed by atoms with van der Waals surface area (Å²) in [5.74, 6) is -1.03. The number of nitrogens with one attached hydrogen (secondary N) is 2. The van der Waals surface area contributed by atoms with Crippen LogP contribution in [0, 0.1) is 13.8 Å². The molecule has 1 heterocycles. The van der Waals surface area contributed by atoms with Crippen molar-refractivity contribution in [2.45, 2.75) is 51.0 Å². The lowest BCUT2D eigenvalue weighted by molar-refractivity contribution is -0.137. The Bertz CT molecular complexity index is 531. The number of aromatic amines is 1. The van der Waals surface area contributed by atoms with Crippen molar-refractivity contribution in [2.24, 2.45) is 0 Å². The van der Waals surface area contributed by atoms with Crippen molar-refractivity contribution in [3.05, 3.63) is 11.4 Å². The minimum absolute atomic E-state index is 0.0963. The van der Waals surface area contributed by atoms with Crippen molar-refractivity contribution < 1.29 is 18.3 Å². The monoisotopic (exact) mass is 289 g/mol. The summed E-state index contributed by atoms with van der Waals surface area (Å²) in [6.07, 6.45) is 0.939. The van der Waals surface area contributed by atoms with Crippen molar-refractivity contribution >= 4 is 16.0 Å². The summed E-state index contributed by atoms with van der Waals surface area (Å²) in [5.41, 5.74) is 0.811. The third-order valence-corrected chi connectivity index (χ3v) is 4.49. The predicted molar refractivity (Wildman–Crippen MR) is 69.3 cm³/mol. The lowest BCUT2D eigenvalue weighted by Gasteiger charge is -2.16. The maximum Gasteiger partial charge on any atom is 0.304 e. The van der Waals surface area contributed by atoms with E-state index in [0.29, 0.717) is 24.2 Å². The first-order valence-electron chi connectivity index (χ1n) is 6.03. The van der Waals surface area contributed by atoms with Crippen molar-refractivity contribution in [1.82, 2.24) is 14.9 Å². The van der Waals surface area contributed by atoms with E-state index in [1.807, 2.05) is 6.92 Å². The summed E-state index contributed by atoms with van der Waals surface area (Å²) in [4.78, 5) is 10.8. The minimum Gasteiger partial charge on any atom is -0.481 e. The van der Waals surface area contributed by atoms with Gasteiger partial charge in [-0.25, -0.2) is 13.1 Å². The first kappa shape index (κ1) is 15.6.